The van der Waals surface area contributed by atoms with Crippen molar-refractivity contribution in [3.8, 4) is 0 Å². The largest absolute Gasteiger partial charge is 0.458 e. The minimum absolute atomic E-state index is 0.0551. The summed E-state index contributed by atoms with van der Waals surface area (Å²) in [6.45, 7) is 0.228. The van der Waals surface area contributed by atoms with Crippen LogP contribution >= 0.6 is 0 Å². The number of hydrogen-bond donors (Lipinski definition) is 2. The van der Waals surface area contributed by atoms with Gasteiger partial charge in [0.15, 0.2) is 0 Å². The van der Waals surface area contributed by atoms with Crippen molar-refractivity contribution in [3.63, 3.8) is 0 Å². The van der Waals surface area contributed by atoms with E-state index in [0.29, 0.717) is 0 Å². The molecule has 0 heterocycles. The van der Waals surface area contributed by atoms with E-state index in [4.69, 9.17) is 10.5 Å². The highest BCUT2D eigenvalue weighted by atomic mass is 16.5. The van der Waals surface area contributed by atoms with Crippen LogP contribution in [0.25, 0.3) is 0 Å². The standard InChI is InChI=1S/C12H20N2O3/c13-9-11(15)14-8-7-12(16)17-10-5-3-1-2-4-6-10/h3,5,10H,1-2,4,6-9,13H2,(H,14,15). The normalized spacial score (nSPS) is 19.5. The first-order valence-electron chi connectivity index (χ1n) is 6.05. The number of rotatable bonds is 5. The van der Waals surface area contributed by atoms with E-state index >= 15 is 0 Å². The lowest BCUT2D eigenvalue weighted by atomic mass is 10.2. The summed E-state index contributed by atoms with van der Waals surface area (Å²) in [5, 5.41) is 2.53. The number of carbonyl (C=O) groups is 2. The van der Waals surface area contributed by atoms with Crippen molar-refractivity contribution in [2.75, 3.05) is 13.1 Å². The average Bonchev–Trinajstić information content (AvgIpc) is 2.57. The third kappa shape index (κ3) is 6.06. The molecular formula is C12H20N2O3. The van der Waals surface area contributed by atoms with Crippen LogP contribution in [0.4, 0.5) is 0 Å². The summed E-state index contributed by atoms with van der Waals surface area (Å²) in [5.41, 5.74) is 5.12. The second-order valence-corrected chi connectivity index (χ2v) is 4.04. The van der Waals surface area contributed by atoms with Crippen LogP contribution in [0.3, 0.4) is 0 Å². The number of ether oxygens (including phenoxy) is 1. The predicted octanol–water partition coefficient (Wildman–Crippen LogP) is 0.493. The van der Waals surface area contributed by atoms with Gasteiger partial charge in [-0.1, -0.05) is 6.08 Å². The third-order valence-electron chi connectivity index (χ3n) is 2.58. The van der Waals surface area contributed by atoms with Crippen molar-refractivity contribution in [1.29, 1.82) is 0 Å². The van der Waals surface area contributed by atoms with Gasteiger partial charge in [-0.2, -0.15) is 0 Å². The van der Waals surface area contributed by atoms with Gasteiger partial charge in [0.25, 0.3) is 0 Å². The lowest BCUT2D eigenvalue weighted by Gasteiger charge is -2.12. The van der Waals surface area contributed by atoms with Crippen molar-refractivity contribution < 1.29 is 14.3 Å². The molecule has 0 saturated carbocycles. The number of carbonyl (C=O) groups excluding carboxylic acids is 2. The van der Waals surface area contributed by atoms with Crippen LogP contribution in [0.15, 0.2) is 12.2 Å². The summed E-state index contributed by atoms with van der Waals surface area (Å²) in [7, 11) is 0. The Morgan fingerprint density at radius 1 is 1.41 bits per heavy atom. The molecule has 1 atom stereocenters. The van der Waals surface area contributed by atoms with Crippen molar-refractivity contribution >= 4 is 11.9 Å². The van der Waals surface area contributed by atoms with Crippen LogP contribution in [0.5, 0.6) is 0 Å². The molecule has 0 aromatic rings. The van der Waals surface area contributed by atoms with Crippen molar-refractivity contribution in [3.05, 3.63) is 12.2 Å². The van der Waals surface area contributed by atoms with Gasteiger partial charge < -0.3 is 15.8 Å². The van der Waals surface area contributed by atoms with E-state index in [1.54, 1.807) is 0 Å². The third-order valence-corrected chi connectivity index (χ3v) is 2.58. The molecule has 96 valence electrons. The van der Waals surface area contributed by atoms with Gasteiger partial charge in [-0.05, 0) is 31.8 Å². The Kier molecular flexibility index (Phi) is 6.32. The molecule has 0 aromatic heterocycles. The summed E-state index contributed by atoms with van der Waals surface area (Å²) >= 11 is 0. The molecule has 0 fully saturated rings. The Balaban J connectivity index is 2.17. The summed E-state index contributed by atoms with van der Waals surface area (Å²) in [6.07, 6.45) is 8.26. The van der Waals surface area contributed by atoms with E-state index in [1.807, 2.05) is 6.08 Å². The monoisotopic (exact) mass is 240 g/mol. The number of nitrogens with one attached hydrogen (secondary N) is 1. The molecule has 1 amide bonds. The highest BCUT2D eigenvalue weighted by Gasteiger charge is 2.12. The van der Waals surface area contributed by atoms with Gasteiger partial charge in [0.2, 0.25) is 5.91 Å². The molecule has 0 bridgehead atoms. The number of nitrogens with two attached hydrogens (primary N) is 1. The first-order chi connectivity index (χ1) is 8.22. The molecule has 1 rings (SSSR count). The molecule has 17 heavy (non-hydrogen) atoms. The van der Waals surface area contributed by atoms with Crippen LogP contribution in [0.2, 0.25) is 0 Å². The zero-order valence-electron chi connectivity index (χ0n) is 9.98. The Bertz CT molecular complexity index is 289. The van der Waals surface area contributed by atoms with E-state index in [2.05, 4.69) is 11.4 Å². The van der Waals surface area contributed by atoms with Gasteiger partial charge in [0, 0.05) is 6.54 Å². The lowest BCUT2D eigenvalue weighted by molar-refractivity contribution is -0.147. The van der Waals surface area contributed by atoms with E-state index in [-0.39, 0.29) is 37.5 Å². The second kappa shape index (κ2) is 7.84. The minimum Gasteiger partial charge on any atom is -0.458 e. The van der Waals surface area contributed by atoms with Gasteiger partial charge in [0.05, 0.1) is 13.0 Å². The molecule has 1 unspecified atom stereocenters. The molecule has 1 aliphatic carbocycles. The molecule has 5 heteroatoms. The van der Waals surface area contributed by atoms with Crippen LogP contribution in [0.1, 0.15) is 32.1 Å². The van der Waals surface area contributed by atoms with Crippen LogP contribution in [-0.2, 0) is 14.3 Å². The minimum atomic E-state index is -0.279. The molecule has 0 spiro atoms. The number of amides is 1. The summed E-state index contributed by atoms with van der Waals surface area (Å²) in [5.74, 6) is -0.536. The number of esters is 1. The van der Waals surface area contributed by atoms with Gasteiger partial charge in [-0.25, -0.2) is 0 Å². The van der Waals surface area contributed by atoms with Gasteiger partial charge in [-0.15, -0.1) is 0 Å². The Morgan fingerprint density at radius 3 is 3.00 bits per heavy atom. The zero-order chi connectivity index (χ0) is 12.5. The van der Waals surface area contributed by atoms with Gasteiger partial charge >= 0.3 is 5.97 Å². The Hall–Kier alpha value is -1.36. The highest BCUT2D eigenvalue weighted by Crippen LogP contribution is 2.14. The maximum Gasteiger partial charge on any atom is 0.308 e. The van der Waals surface area contributed by atoms with Crippen LogP contribution in [-0.4, -0.2) is 31.1 Å². The van der Waals surface area contributed by atoms with E-state index in [9.17, 15) is 9.59 Å². The summed E-state index contributed by atoms with van der Waals surface area (Å²) in [4.78, 5) is 22.3. The van der Waals surface area contributed by atoms with E-state index in [0.717, 1.165) is 25.7 Å². The van der Waals surface area contributed by atoms with E-state index < -0.39 is 0 Å². The fourth-order valence-corrected chi connectivity index (χ4v) is 1.65. The molecule has 3 N–H and O–H groups in total. The SMILES string of the molecule is NCC(=O)NCCC(=O)OC1C=CCCCC1. The average molecular weight is 240 g/mol. The van der Waals surface area contributed by atoms with Gasteiger partial charge in [-0.3, -0.25) is 9.59 Å². The Morgan fingerprint density at radius 2 is 2.24 bits per heavy atom. The Labute approximate surface area is 101 Å². The van der Waals surface area contributed by atoms with Crippen molar-refractivity contribution in [2.45, 2.75) is 38.2 Å². The topological polar surface area (TPSA) is 81.4 Å². The maximum atomic E-state index is 11.5. The smallest absolute Gasteiger partial charge is 0.308 e. The molecule has 0 radical (unpaired) electrons. The molecule has 5 nitrogen and oxygen atoms in total. The van der Waals surface area contributed by atoms with Crippen molar-refractivity contribution in [2.24, 2.45) is 5.73 Å². The lowest BCUT2D eigenvalue weighted by Crippen LogP contribution is -2.32. The fraction of sp³-hybridized carbons (Fsp3) is 0.667. The molecule has 0 saturated heterocycles. The zero-order valence-corrected chi connectivity index (χ0v) is 9.98. The molecule has 0 aromatic carbocycles. The number of hydrogen-bond acceptors (Lipinski definition) is 4. The quantitative estimate of drug-likeness (QED) is 0.541. The van der Waals surface area contributed by atoms with Crippen LogP contribution < -0.4 is 11.1 Å². The van der Waals surface area contributed by atoms with Gasteiger partial charge in [0.1, 0.15) is 6.10 Å². The van der Waals surface area contributed by atoms with Crippen LogP contribution in [0, 0.1) is 0 Å². The highest BCUT2D eigenvalue weighted by molar-refractivity contribution is 5.78. The number of allylic oxidation sites excluding steroid dienone is 1. The fourth-order valence-electron chi connectivity index (χ4n) is 1.65. The molecular weight excluding hydrogens is 220 g/mol. The predicted molar refractivity (Wildman–Crippen MR) is 64.2 cm³/mol. The molecule has 0 aliphatic heterocycles. The van der Waals surface area contributed by atoms with Crippen molar-refractivity contribution in [1.82, 2.24) is 5.32 Å². The summed E-state index contributed by atoms with van der Waals surface area (Å²) < 4.78 is 5.28. The summed E-state index contributed by atoms with van der Waals surface area (Å²) in [6, 6.07) is 0. The first-order valence-corrected chi connectivity index (χ1v) is 6.05. The first kappa shape index (κ1) is 13.7. The second-order valence-electron chi connectivity index (χ2n) is 4.04. The maximum absolute atomic E-state index is 11.5. The molecule has 1 aliphatic rings. The van der Waals surface area contributed by atoms with E-state index in [1.165, 1.54) is 0 Å².